The lowest BCUT2D eigenvalue weighted by Gasteiger charge is -2.08. The van der Waals surface area contributed by atoms with Crippen LogP contribution in [-0.4, -0.2) is 13.2 Å². The van der Waals surface area contributed by atoms with Crippen molar-refractivity contribution in [3.05, 3.63) is 29.6 Å². The van der Waals surface area contributed by atoms with Gasteiger partial charge < -0.3 is 10.5 Å². The average molecular weight is 260 g/mol. The topological polar surface area (TPSA) is 35.2 Å². The first-order valence-corrected chi connectivity index (χ1v) is 5.91. The van der Waals surface area contributed by atoms with Crippen molar-refractivity contribution in [3.8, 4) is 5.75 Å². The van der Waals surface area contributed by atoms with Gasteiger partial charge in [0.05, 0.1) is 6.61 Å². The van der Waals surface area contributed by atoms with Gasteiger partial charge in [0.1, 0.15) is 0 Å². The summed E-state index contributed by atoms with van der Waals surface area (Å²) in [4.78, 5) is 0. The first-order valence-electron chi connectivity index (χ1n) is 5.91. The Hall–Kier alpha value is -0.800. The van der Waals surface area contributed by atoms with Crippen molar-refractivity contribution in [1.29, 1.82) is 0 Å². The van der Waals surface area contributed by atoms with Crippen LogP contribution in [0.5, 0.6) is 5.75 Å². The van der Waals surface area contributed by atoms with Crippen molar-refractivity contribution in [1.82, 2.24) is 0 Å². The van der Waals surface area contributed by atoms with Gasteiger partial charge in [-0.25, -0.2) is 4.39 Å². The molecule has 1 saturated carbocycles. The lowest BCUT2D eigenvalue weighted by atomic mass is 10.1. The molecule has 0 saturated heterocycles. The van der Waals surface area contributed by atoms with Crippen molar-refractivity contribution >= 4 is 12.4 Å². The maximum absolute atomic E-state index is 13.4. The van der Waals surface area contributed by atoms with E-state index in [1.54, 1.807) is 12.1 Å². The summed E-state index contributed by atoms with van der Waals surface area (Å²) in [6.07, 6.45) is 4.24. The van der Waals surface area contributed by atoms with E-state index in [1.807, 2.05) is 0 Å². The van der Waals surface area contributed by atoms with Crippen molar-refractivity contribution < 1.29 is 9.13 Å². The number of benzene rings is 1. The van der Waals surface area contributed by atoms with Gasteiger partial charge in [-0.3, -0.25) is 0 Å². The zero-order chi connectivity index (χ0) is 11.4. The molecular weight excluding hydrogens is 241 g/mol. The van der Waals surface area contributed by atoms with E-state index in [2.05, 4.69) is 0 Å². The van der Waals surface area contributed by atoms with Crippen LogP contribution in [0.2, 0.25) is 0 Å². The van der Waals surface area contributed by atoms with Gasteiger partial charge in [0.2, 0.25) is 0 Å². The third-order valence-corrected chi connectivity index (χ3v) is 2.84. The van der Waals surface area contributed by atoms with E-state index in [0.717, 1.165) is 18.4 Å². The zero-order valence-electron chi connectivity index (χ0n) is 9.82. The highest BCUT2D eigenvalue weighted by Crippen LogP contribution is 2.30. The number of ether oxygens (including phenoxy) is 1. The van der Waals surface area contributed by atoms with Crippen LogP contribution in [0.1, 0.15) is 24.8 Å². The Morgan fingerprint density at radius 3 is 2.76 bits per heavy atom. The summed E-state index contributed by atoms with van der Waals surface area (Å²) in [7, 11) is 0. The smallest absolute Gasteiger partial charge is 0.165 e. The van der Waals surface area contributed by atoms with E-state index >= 15 is 0 Å². The van der Waals surface area contributed by atoms with Crippen LogP contribution in [-0.2, 0) is 6.42 Å². The second kappa shape index (κ2) is 6.82. The maximum Gasteiger partial charge on any atom is 0.165 e. The van der Waals surface area contributed by atoms with Gasteiger partial charge in [0.25, 0.3) is 0 Å². The van der Waals surface area contributed by atoms with E-state index < -0.39 is 0 Å². The van der Waals surface area contributed by atoms with E-state index in [-0.39, 0.29) is 18.2 Å². The third-order valence-electron chi connectivity index (χ3n) is 2.84. The lowest BCUT2D eigenvalue weighted by molar-refractivity contribution is 0.285. The molecule has 2 N–H and O–H groups in total. The highest BCUT2D eigenvalue weighted by atomic mass is 35.5. The summed E-state index contributed by atoms with van der Waals surface area (Å²) in [6, 6.07) is 5.08. The van der Waals surface area contributed by atoms with Gasteiger partial charge in [0.15, 0.2) is 11.6 Å². The Labute approximate surface area is 108 Å². The fraction of sp³-hybridized carbons (Fsp3) is 0.538. The molecule has 0 atom stereocenters. The summed E-state index contributed by atoms with van der Waals surface area (Å²) in [5.41, 5.74) is 6.54. The fourth-order valence-corrected chi connectivity index (χ4v) is 1.61. The van der Waals surface area contributed by atoms with E-state index in [4.69, 9.17) is 10.5 Å². The predicted octanol–water partition coefficient (Wildman–Crippen LogP) is 2.93. The van der Waals surface area contributed by atoms with E-state index in [1.165, 1.54) is 18.9 Å². The number of aryl methyl sites for hydroxylation is 1. The quantitative estimate of drug-likeness (QED) is 0.853. The predicted molar refractivity (Wildman–Crippen MR) is 69.2 cm³/mol. The van der Waals surface area contributed by atoms with Crippen LogP contribution >= 0.6 is 12.4 Å². The van der Waals surface area contributed by atoms with E-state index in [0.29, 0.717) is 24.8 Å². The fourth-order valence-electron chi connectivity index (χ4n) is 1.61. The molecule has 1 aromatic rings. The molecule has 0 unspecified atom stereocenters. The Morgan fingerprint density at radius 1 is 1.35 bits per heavy atom. The molecule has 4 heteroatoms. The third kappa shape index (κ3) is 4.52. The molecule has 1 aromatic carbocycles. The van der Waals surface area contributed by atoms with Gasteiger partial charge in [-0.2, -0.15) is 0 Å². The lowest BCUT2D eigenvalue weighted by Crippen LogP contribution is -2.03. The minimum Gasteiger partial charge on any atom is -0.490 e. The number of hydrogen-bond donors (Lipinski definition) is 1. The normalized spacial score (nSPS) is 14.2. The van der Waals surface area contributed by atoms with Crippen LogP contribution in [0.4, 0.5) is 4.39 Å². The maximum atomic E-state index is 13.4. The molecule has 0 amide bonds. The van der Waals surface area contributed by atoms with Crippen molar-refractivity contribution in [2.24, 2.45) is 11.7 Å². The minimum atomic E-state index is -0.267. The van der Waals surface area contributed by atoms with Crippen molar-refractivity contribution in [2.75, 3.05) is 13.2 Å². The van der Waals surface area contributed by atoms with Gasteiger partial charge in [0, 0.05) is 0 Å². The average Bonchev–Trinajstić information content (AvgIpc) is 3.10. The summed E-state index contributed by atoms with van der Waals surface area (Å²) in [5.74, 6) is 0.769. The van der Waals surface area contributed by atoms with Crippen LogP contribution in [0.15, 0.2) is 18.2 Å². The van der Waals surface area contributed by atoms with Gasteiger partial charge in [-0.15, -0.1) is 12.4 Å². The zero-order valence-corrected chi connectivity index (χ0v) is 10.6. The first kappa shape index (κ1) is 14.3. The molecular formula is C13H19ClFNO. The molecule has 1 aliphatic carbocycles. The van der Waals surface area contributed by atoms with Crippen molar-refractivity contribution in [3.63, 3.8) is 0 Å². The molecule has 0 spiro atoms. The second-order valence-corrected chi connectivity index (χ2v) is 4.41. The molecule has 2 nitrogen and oxygen atoms in total. The molecule has 1 fully saturated rings. The molecule has 17 heavy (non-hydrogen) atoms. The number of nitrogens with two attached hydrogens (primary N) is 1. The molecule has 0 bridgehead atoms. The van der Waals surface area contributed by atoms with Gasteiger partial charge >= 0.3 is 0 Å². The van der Waals surface area contributed by atoms with Crippen LogP contribution in [0.3, 0.4) is 0 Å². The standard InChI is InChI=1S/C13H18FNO.ClH/c14-12-6-5-10(2-1-7-15)8-13(12)16-9-11-3-4-11;/h5-6,8,11H,1-4,7,9,15H2;1H. The Bertz CT molecular complexity index is 355. The number of rotatable bonds is 6. The first-order chi connectivity index (χ1) is 7.79. The second-order valence-electron chi connectivity index (χ2n) is 4.41. The van der Waals surface area contributed by atoms with Gasteiger partial charge in [-0.1, -0.05) is 6.07 Å². The summed E-state index contributed by atoms with van der Waals surface area (Å²) in [6.45, 7) is 1.31. The van der Waals surface area contributed by atoms with Crippen molar-refractivity contribution in [2.45, 2.75) is 25.7 Å². The van der Waals surface area contributed by atoms with Crippen LogP contribution in [0.25, 0.3) is 0 Å². The SMILES string of the molecule is Cl.NCCCc1ccc(F)c(OCC2CC2)c1. The summed E-state index contributed by atoms with van der Waals surface area (Å²) < 4.78 is 18.9. The highest BCUT2D eigenvalue weighted by Gasteiger charge is 2.22. The highest BCUT2D eigenvalue weighted by molar-refractivity contribution is 5.85. The Morgan fingerprint density at radius 2 is 2.12 bits per heavy atom. The molecule has 2 rings (SSSR count). The minimum absolute atomic E-state index is 0. The molecule has 0 radical (unpaired) electrons. The number of hydrogen-bond acceptors (Lipinski definition) is 2. The Kier molecular flexibility index (Phi) is 5.72. The number of halogens is 2. The van der Waals surface area contributed by atoms with Gasteiger partial charge in [-0.05, 0) is 55.8 Å². The summed E-state index contributed by atoms with van der Waals surface area (Å²) >= 11 is 0. The Balaban J connectivity index is 0.00000144. The largest absolute Gasteiger partial charge is 0.490 e. The summed E-state index contributed by atoms with van der Waals surface area (Å²) in [5, 5.41) is 0. The van der Waals surface area contributed by atoms with Crippen LogP contribution in [0, 0.1) is 11.7 Å². The monoisotopic (exact) mass is 259 g/mol. The molecule has 96 valence electrons. The van der Waals surface area contributed by atoms with Crippen LogP contribution < -0.4 is 10.5 Å². The van der Waals surface area contributed by atoms with E-state index in [9.17, 15) is 4.39 Å². The molecule has 1 aliphatic rings. The molecule has 0 heterocycles. The molecule has 0 aromatic heterocycles. The molecule has 0 aliphatic heterocycles.